The maximum Gasteiger partial charge on any atom is 0.263 e. The van der Waals surface area contributed by atoms with Gasteiger partial charge in [0.2, 0.25) is 10.0 Å². The highest BCUT2D eigenvalue weighted by Crippen LogP contribution is 2.26. The fourth-order valence-corrected chi connectivity index (χ4v) is 3.53. The molecule has 2 rings (SSSR count). The number of hydrogen-bond acceptors (Lipinski definition) is 5. The van der Waals surface area contributed by atoms with Gasteiger partial charge < -0.3 is 4.74 Å². The number of carbonyl (C=O) groups excluding carboxylic acids is 1. The van der Waals surface area contributed by atoms with Crippen LogP contribution in [0, 0.1) is 0 Å². The minimum atomic E-state index is -3.69. The zero-order valence-electron chi connectivity index (χ0n) is 15.7. The predicted octanol–water partition coefficient (Wildman–Crippen LogP) is 3.15. The highest BCUT2D eigenvalue weighted by atomic mass is 32.2. The molecule has 1 N–H and O–H groups in total. The second kappa shape index (κ2) is 8.68. The van der Waals surface area contributed by atoms with Crippen molar-refractivity contribution in [3.8, 4) is 11.5 Å². The molecule has 0 unspecified atom stereocenters. The molecule has 0 heterocycles. The number of ether oxygens (including phenoxy) is 1. The summed E-state index contributed by atoms with van der Waals surface area (Å²) in [6.45, 7) is 4.96. The Labute approximate surface area is 159 Å². The normalized spacial score (nSPS) is 12.0. The number of anilines is 1. The molecule has 0 spiro atoms. The molecule has 1 atom stereocenters. The van der Waals surface area contributed by atoms with Crippen molar-refractivity contribution in [3.05, 3.63) is 54.6 Å². The number of para-hydroxylation sites is 1. The number of amides is 1. The molecule has 27 heavy (non-hydrogen) atoms. The van der Waals surface area contributed by atoms with E-state index in [2.05, 4.69) is 10.5 Å². The maximum atomic E-state index is 12.3. The molecule has 0 aliphatic rings. The van der Waals surface area contributed by atoms with E-state index in [1.54, 1.807) is 38.1 Å². The first-order valence-electron chi connectivity index (χ1n) is 8.31. The minimum Gasteiger partial charge on any atom is -0.457 e. The lowest BCUT2D eigenvalue weighted by atomic mass is 10.2. The van der Waals surface area contributed by atoms with Crippen molar-refractivity contribution < 1.29 is 17.9 Å². The molecular formula is C19H23N3O4S. The first-order valence-corrected chi connectivity index (χ1v) is 10.2. The van der Waals surface area contributed by atoms with E-state index in [0.717, 1.165) is 10.6 Å². The van der Waals surface area contributed by atoms with Crippen LogP contribution in [0.5, 0.6) is 11.5 Å². The van der Waals surface area contributed by atoms with Gasteiger partial charge in [0, 0.05) is 5.71 Å². The summed E-state index contributed by atoms with van der Waals surface area (Å²) in [6, 6.07) is 14.8. The monoisotopic (exact) mass is 389 g/mol. The Hall–Kier alpha value is -2.87. The zero-order valence-corrected chi connectivity index (χ0v) is 16.5. The number of rotatable bonds is 7. The number of nitrogens with one attached hydrogen (secondary N) is 1. The van der Waals surface area contributed by atoms with Crippen molar-refractivity contribution in [2.75, 3.05) is 10.6 Å². The molecule has 0 bridgehead atoms. The van der Waals surface area contributed by atoms with Gasteiger partial charge in [-0.15, -0.1) is 0 Å². The van der Waals surface area contributed by atoms with Crippen LogP contribution in [-0.2, 0) is 14.8 Å². The van der Waals surface area contributed by atoms with E-state index in [1.807, 2.05) is 30.3 Å². The molecule has 1 amide bonds. The van der Waals surface area contributed by atoms with E-state index >= 15 is 0 Å². The Morgan fingerprint density at radius 2 is 1.59 bits per heavy atom. The second-order valence-corrected chi connectivity index (χ2v) is 8.04. The molecule has 0 aromatic heterocycles. The Bertz CT molecular complexity index is 906. The van der Waals surface area contributed by atoms with Crippen LogP contribution in [0.25, 0.3) is 0 Å². The van der Waals surface area contributed by atoms with Gasteiger partial charge in [0.1, 0.15) is 17.5 Å². The smallest absolute Gasteiger partial charge is 0.263 e. The fourth-order valence-electron chi connectivity index (χ4n) is 2.35. The molecule has 144 valence electrons. The molecular weight excluding hydrogens is 366 g/mol. The number of benzene rings is 2. The van der Waals surface area contributed by atoms with Gasteiger partial charge in [-0.05, 0) is 57.2 Å². The first kappa shape index (κ1) is 20.4. The maximum absolute atomic E-state index is 12.3. The predicted molar refractivity (Wildman–Crippen MR) is 107 cm³/mol. The Morgan fingerprint density at radius 1 is 1.04 bits per heavy atom. The number of nitrogens with zero attached hydrogens (tertiary/aromatic N) is 2. The number of hydrazone groups is 1. The molecule has 0 aliphatic heterocycles. The molecule has 0 radical (unpaired) electrons. The molecule has 2 aromatic carbocycles. The molecule has 0 fully saturated rings. The van der Waals surface area contributed by atoms with Crippen molar-refractivity contribution in [2.45, 2.75) is 26.8 Å². The van der Waals surface area contributed by atoms with E-state index < -0.39 is 22.0 Å². The van der Waals surface area contributed by atoms with Gasteiger partial charge in [0.05, 0.1) is 11.9 Å². The lowest BCUT2D eigenvalue weighted by Gasteiger charge is -2.27. The average molecular weight is 389 g/mol. The number of sulfonamides is 1. The van der Waals surface area contributed by atoms with Crippen LogP contribution in [0.4, 0.5) is 5.69 Å². The van der Waals surface area contributed by atoms with Crippen LogP contribution < -0.4 is 14.5 Å². The Balaban J connectivity index is 2.24. The summed E-state index contributed by atoms with van der Waals surface area (Å²) in [5.74, 6) is 0.707. The number of hydrogen-bond donors (Lipinski definition) is 1. The van der Waals surface area contributed by atoms with Crippen LogP contribution in [0.3, 0.4) is 0 Å². The van der Waals surface area contributed by atoms with E-state index in [1.165, 1.54) is 6.92 Å². The summed E-state index contributed by atoms with van der Waals surface area (Å²) in [5.41, 5.74) is 3.38. The molecule has 2 aromatic rings. The second-order valence-electron chi connectivity index (χ2n) is 6.18. The van der Waals surface area contributed by atoms with Gasteiger partial charge >= 0.3 is 0 Å². The summed E-state index contributed by atoms with van der Waals surface area (Å²) in [4.78, 5) is 12.3. The third-order valence-corrected chi connectivity index (χ3v) is 4.79. The van der Waals surface area contributed by atoms with Crippen molar-refractivity contribution in [1.82, 2.24) is 5.43 Å². The first-order chi connectivity index (χ1) is 12.7. The summed E-state index contributed by atoms with van der Waals surface area (Å²) < 4.78 is 31.3. The van der Waals surface area contributed by atoms with Gasteiger partial charge in [-0.2, -0.15) is 5.10 Å². The molecule has 0 saturated heterocycles. The van der Waals surface area contributed by atoms with Crippen molar-refractivity contribution >= 4 is 27.3 Å². The SMILES string of the molecule is CC(C)=NNC(=O)[C@@H](C)N(c1ccc(Oc2ccccc2)cc1)S(C)(=O)=O. The van der Waals surface area contributed by atoms with E-state index in [9.17, 15) is 13.2 Å². The van der Waals surface area contributed by atoms with Crippen LogP contribution in [0.15, 0.2) is 59.7 Å². The summed E-state index contributed by atoms with van der Waals surface area (Å²) >= 11 is 0. The summed E-state index contributed by atoms with van der Waals surface area (Å²) in [7, 11) is -3.69. The average Bonchev–Trinajstić information content (AvgIpc) is 2.61. The highest BCUT2D eigenvalue weighted by molar-refractivity contribution is 7.92. The van der Waals surface area contributed by atoms with Gasteiger partial charge in [0.15, 0.2) is 0 Å². The largest absolute Gasteiger partial charge is 0.457 e. The van der Waals surface area contributed by atoms with E-state index in [4.69, 9.17) is 4.74 Å². The van der Waals surface area contributed by atoms with E-state index in [0.29, 0.717) is 22.9 Å². The third kappa shape index (κ3) is 5.82. The molecule has 0 aliphatic carbocycles. The van der Waals surface area contributed by atoms with E-state index in [-0.39, 0.29) is 0 Å². The fraction of sp³-hybridized carbons (Fsp3) is 0.263. The number of carbonyl (C=O) groups is 1. The van der Waals surface area contributed by atoms with Crippen molar-refractivity contribution in [2.24, 2.45) is 5.10 Å². The van der Waals surface area contributed by atoms with Crippen LogP contribution in [-0.4, -0.2) is 32.3 Å². The minimum absolute atomic E-state index is 0.359. The third-order valence-electron chi connectivity index (χ3n) is 3.55. The van der Waals surface area contributed by atoms with Crippen molar-refractivity contribution in [1.29, 1.82) is 0 Å². The molecule has 0 saturated carbocycles. The summed E-state index contributed by atoms with van der Waals surface area (Å²) in [6.07, 6.45) is 1.06. The Morgan fingerprint density at radius 3 is 2.11 bits per heavy atom. The van der Waals surface area contributed by atoms with Gasteiger partial charge in [-0.3, -0.25) is 9.10 Å². The molecule has 7 nitrogen and oxygen atoms in total. The highest BCUT2D eigenvalue weighted by Gasteiger charge is 2.29. The van der Waals surface area contributed by atoms with Crippen LogP contribution in [0.2, 0.25) is 0 Å². The topological polar surface area (TPSA) is 88.1 Å². The lowest BCUT2D eigenvalue weighted by molar-refractivity contribution is -0.121. The van der Waals surface area contributed by atoms with Crippen LogP contribution >= 0.6 is 0 Å². The standard InChI is InChI=1S/C19H23N3O4S/c1-14(2)20-21-19(23)15(3)22(27(4,24)25)16-10-12-18(13-11-16)26-17-8-6-5-7-9-17/h5-13,15H,1-4H3,(H,21,23)/t15-/m1/s1. The molecule has 8 heteroatoms. The van der Waals surface area contributed by atoms with Gasteiger partial charge in [-0.1, -0.05) is 18.2 Å². The van der Waals surface area contributed by atoms with Gasteiger partial charge in [-0.25, -0.2) is 13.8 Å². The van der Waals surface area contributed by atoms with Crippen LogP contribution in [0.1, 0.15) is 20.8 Å². The zero-order chi connectivity index (χ0) is 20.0. The Kier molecular flexibility index (Phi) is 6.57. The van der Waals surface area contributed by atoms with Gasteiger partial charge in [0.25, 0.3) is 5.91 Å². The summed E-state index contributed by atoms with van der Waals surface area (Å²) in [5, 5.41) is 3.84. The van der Waals surface area contributed by atoms with Crippen molar-refractivity contribution in [3.63, 3.8) is 0 Å². The lowest BCUT2D eigenvalue weighted by Crippen LogP contribution is -2.46. The quantitative estimate of drug-likeness (QED) is 0.582.